The largest absolute Gasteiger partial charge is 0.320 e. The molecule has 1 heterocycles. The lowest BCUT2D eigenvalue weighted by Crippen LogP contribution is -2.25. The maximum absolute atomic E-state index is 12.3. The maximum Gasteiger partial charge on any atom is 0.230 e. The summed E-state index contributed by atoms with van der Waals surface area (Å²) in [5.74, 6) is 0.515. The van der Waals surface area contributed by atoms with Gasteiger partial charge < -0.3 is 5.32 Å². The minimum absolute atomic E-state index is 0.0278. The van der Waals surface area contributed by atoms with Gasteiger partial charge in [0.15, 0.2) is 0 Å². The van der Waals surface area contributed by atoms with Crippen LogP contribution in [0.5, 0.6) is 0 Å². The van der Waals surface area contributed by atoms with Gasteiger partial charge in [-0.25, -0.2) is 0 Å². The van der Waals surface area contributed by atoms with Crippen molar-refractivity contribution >= 4 is 22.7 Å². The van der Waals surface area contributed by atoms with E-state index in [0.717, 1.165) is 22.2 Å². The van der Waals surface area contributed by atoms with Crippen molar-refractivity contribution < 1.29 is 4.79 Å². The van der Waals surface area contributed by atoms with Gasteiger partial charge in [0.1, 0.15) is 0 Å². The molecule has 1 aromatic rings. The first kappa shape index (κ1) is 18.7. The van der Waals surface area contributed by atoms with Gasteiger partial charge >= 0.3 is 0 Å². The number of thioether (sulfide) groups is 1. The molecular formula is C19H27N3OS. The third kappa shape index (κ3) is 6.11. The molecule has 1 fully saturated rings. The smallest absolute Gasteiger partial charge is 0.230 e. The van der Waals surface area contributed by atoms with Crippen molar-refractivity contribution in [2.24, 2.45) is 10.9 Å². The van der Waals surface area contributed by atoms with Crippen molar-refractivity contribution in [1.29, 1.82) is 0 Å². The average molecular weight is 346 g/mol. The van der Waals surface area contributed by atoms with Gasteiger partial charge in [-0.05, 0) is 31.4 Å². The molecule has 5 heteroatoms. The molecule has 1 aromatic heterocycles. The minimum Gasteiger partial charge on any atom is -0.320 e. The Hall–Kier alpha value is -1.62. The Balaban J connectivity index is 1.95. The molecule has 1 N–H and O–H groups in total. The molecule has 0 unspecified atom stereocenters. The van der Waals surface area contributed by atoms with Crippen molar-refractivity contribution in [3.8, 4) is 0 Å². The van der Waals surface area contributed by atoms with Crippen LogP contribution in [0.2, 0.25) is 0 Å². The summed E-state index contributed by atoms with van der Waals surface area (Å²) >= 11 is 1.62. The summed E-state index contributed by atoms with van der Waals surface area (Å²) in [6.07, 6.45) is 11.3. The van der Waals surface area contributed by atoms with Crippen LogP contribution in [0, 0.1) is 5.92 Å². The second kappa shape index (κ2) is 10.3. The number of hydrogen-bond acceptors (Lipinski definition) is 4. The van der Waals surface area contributed by atoms with E-state index in [1.54, 1.807) is 18.0 Å². The van der Waals surface area contributed by atoms with E-state index < -0.39 is 0 Å². The number of carbonyl (C=O) groups excluding carboxylic acids is 1. The number of aliphatic imine (C=N–C) groups is 1. The molecule has 0 spiro atoms. The van der Waals surface area contributed by atoms with Gasteiger partial charge in [0.2, 0.25) is 5.91 Å². The van der Waals surface area contributed by atoms with Gasteiger partial charge in [-0.15, -0.1) is 0 Å². The number of aromatic nitrogens is 1. The molecular weight excluding hydrogens is 318 g/mol. The molecule has 0 saturated heterocycles. The van der Waals surface area contributed by atoms with Crippen LogP contribution in [0.4, 0.5) is 0 Å². The Morgan fingerprint density at radius 1 is 1.38 bits per heavy atom. The Morgan fingerprint density at radius 3 is 2.79 bits per heavy atom. The van der Waals surface area contributed by atoms with Crippen molar-refractivity contribution in [3.63, 3.8) is 0 Å². The fourth-order valence-electron chi connectivity index (χ4n) is 2.93. The predicted molar refractivity (Wildman–Crippen MR) is 102 cm³/mol. The highest BCUT2D eigenvalue weighted by molar-refractivity contribution is 8.17. The molecule has 0 radical (unpaired) electrons. The van der Waals surface area contributed by atoms with Gasteiger partial charge in [0.25, 0.3) is 0 Å². The van der Waals surface area contributed by atoms with Crippen LogP contribution in [0.15, 0.2) is 40.5 Å². The standard InChI is InChI=1S/C19H27N3OS/c1-3-9-18(22-17(23)14-16-12-7-8-13-21-16)24-19(20-2)15-10-5-4-6-11-15/h7-9,12-13,15H,3-6,10-11,14H2,1-2H3,(H,22,23)/b18-9+,20-19?. The van der Waals surface area contributed by atoms with Gasteiger partial charge in [-0.1, -0.05) is 50.1 Å². The van der Waals surface area contributed by atoms with Gasteiger partial charge in [-0.3, -0.25) is 14.8 Å². The molecule has 130 valence electrons. The second-order valence-electron chi connectivity index (χ2n) is 6.02. The summed E-state index contributed by atoms with van der Waals surface area (Å²) in [7, 11) is 1.86. The summed E-state index contributed by atoms with van der Waals surface area (Å²) in [5.41, 5.74) is 0.785. The highest BCUT2D eigenvalue weighted by atomic mass is 32.2. The molecule has 0 aromatic carbocycles. The van der Waals surface area contributed by atoms with Crippen LogP contribution in [0.3, 0.4) is 0 Å². The van der Waals surface area contributed by atoms with Crippen LogP contribution in [0.1, 0.15) is 51.1 Å². The number of nitrogens with one attached hydrogen (secondary N) is 1. The number of carbonyl (C=O) groups is 1. The number of hydrogen-bond donors (Lipinski definition) is 1. The predicted octanol–water partition coefficient (Wildman–Crippen LogP) is 4.33. The molecule has 1 saturated carbocycles. The molecule has 2 rings (SSSR count). The number of pyridine rings is 1. The quantitative estimate of drug-likeness (QED) is 0.616. The van der Waals surface area contributed by atoms with E-state index >= 15 is 0 Å². The lowest BCUT2D eigenvalue weighted by molar-refractivity contribution is -0.119. The van der Waals surface area contributed by atoms with E-state index in [0.29, 0.717) is 12.3 Å². The lowest BCUT2D eigenvalue weighted by Gasteiger charge is -2.23. The van der Waals surface area contributed by atoms with E-state index in [2.05, 4.69) is 28.3 Å². The van der Waals surface area contributed by atoms with Crippen LogP contribution < -0.4 is 5.32 Å². The zero-order chi connectivity index (χ0) is 17.2. The fraction of sp³-hybridized carbons (Fsp3) is 0.526. The highest BCUT2D eigenvalue weighted by Gasteiger charge is 2.21. The van der Waals surface area contributed by atoms with E-state index in [4.69, 9.17) is 0 Å². The first-order valence-electron chi connectivity index (χ1n) is 8.77. The molecule has 1 aliphatic rings. The summed E-state index contributed by atoms with van der Waals surface area (Å²) in [4.78, 5) is 21.0. The summed E-state index contributed by atoms with van der Waals surface area (Å²) in [6.45, 7) is 2.08. The zero-order valence-electron chi connectivity index (χ0n) is 14.6. The molecule has 1 aliphatic carbocycles. The van der Waals surface area contributed by atoms with Crippen LogP contribution in [-0.4, -0.2) is 23.0 Å². The number of rotatable bonds is 6. The topological polar surface area (TPSA) is 54.4 Å². The fourth-order valence-corrected chi connectivity index (χ4v) is 4.06. The van der Waals surface area contributed by atoms with Crippen LogP contribution in [0.25, 0.3) is 0 Å². The van der Waals surface area contributed by atoms with E-state index in [1.807, 2.05) is 25.2 Å². The highest BCUT2D eigenvalue weighted by Crippen LogP contribution is 2.31. The Kier molecular flexibility index (Phi) is 8.02. The van der Waals surface area contributed by atoms with Gasteiger partial charge in [-0.2, -0.15) is 0 Å². The molecule has 0 aliphatic heterocycles. The normalized spacial score (nSPS) is 16.9. The third-order valence-corrected chi connectivity index (χ3v) is 5.32. The molecule has 4 nitrogen and oxygen atoms in total. The Bertz CT molecular complexity index is 578. The Morgan fingerprint density at radius 2 is 2.17 bits per heavy atom. The average Bonchev–Trinajstić information content (AvgIpc) is 2.61. The second-order valence-corrected chi connectivity index (χ2v) is 7.08. The van der Waals surface area contributed by atoms with Crippen molar-refractivity contribution in [3.05, 3.63) is 41.2 Å². The lowest BCUT2D eigenvalue weighted by atomic mass is 9.90. The molecule has 1 amide bonds. The zero-order valence-corrected chi connectivity index (χ0v) is 15.4. The SMILES string of the molecule is CC/C=C(\NC(=O)Cc1ccccn1)SC(=NC)C1CCCCC1. The van der Waals surface area contributed by atoms with Crippen molar-refractivity contribution in [2.45, 2.75) is 51.9 Å². The summed E-state index contributed by atoms with van der Waals surface area (Å²) in [5, 5.41) is 5.07. The van der Waals surface area contributed by atoms with Crippen molar-refractivity contribution in [1.82, 2.24) is 10.3 Å². The first-order valence-corrected chi connectivity index (χ1v) is 9.59. The monoisotopic (exact) mass is 345 g/mol. The molecule has 24 heavy (non-hydrogen) atoms. The third-order valence-electron chi connectivity index (χ3n) is 4.11. The van der Waals surface area contributed by atoms with Gasteiger partial charge in [0.05, 0.1) is 16.5 Å². The number of allylic oxidation sites excluding steroid dienone is 1. The molecule has 0 bridgehead atoms. The first-order chi connectivity index (χ1) is 11.7. The Labute approximate surface area is 149 Å². The van der Waals surface area contributed by atoms with Gasteiger partial charge in [0, 0.05) is 24.9 Å². The minimum atomic E-state index is -0.0278. The maximum atomic E-state index is 12.3. The summed E-state index contributed by atoms with van der Waals surface area (Å²) < 4.78 is 0. The van der Waals surface area contributed by atoms with E-state index in [1.165, 1.54) is 32.1 Å². The van der Waals surface area contributed by atoms with E-state index in [-0.39, 0.29) is 5.91 Å². The van der Waals surface area contributed by atoms with Crippen LogP contribution >= 0.6 is 11.8 Å². The van der Waals surface area contributed by atoms with Crippen molar-refractivity contribution in [2.75, 3.05) is 7.05 Å². The number of amides is 1. The summed E-state index contributed by atoms with van der Waals surface area (Å²) in [6, 6.07) is 5.63. The van der Waals surface area contributed by atoms with Crippen LogP contribution in [-0.2, 0) is 11.2 Å². The van der Waals surface area contributed by atoms with E-state index in [9.17, 15) is 4.79 Å². The molecule has 0 atom stereocenters. The number of nitrogens with zero attached hydrogens (tertiary/aromatic N) is 2.